The van der Waals surface area contributed by atoms with E-state index in [9.17, 15) is 24.0 Å². The molecule has 4 atom stereocenters. The number of hydrogen-bond donors (Lipinski definition) is 0. The maximum absolute atomic E-state index is 12.4. The molecule has 3 fully saturated rings. The number of carbonyl (C=O) groups is 5. The number of hydrogen-bond acceptors (Lipinski definition) is 8. The molecule has 4 unspecified atom stereocenters. The number of rotatable bonds is 1. The van der Waals surface area contributed by atoms with Gasteiger partial charge in [0.25, 0.3) is 0 Å². The Kier molecular flexibility index (Phi) is 2.70. The monoisotopic (exact) mass is 334 g/mol. The van der Waals surface area contributed by atoms with Crippen molar-refractivity contribution in [2.45, 2.75) is 13.8 Å². The van der Waals surface area contributed by atoms with E-state index in [1.54, 1.807) is 6.92 Å². The molecule has 0 spiro atoms. The number of allylic oxidation sites excluding steroid dienone is 1. The molecule has 0 aromatic carbocycles. The number of ether oxygens (including phenoxy) is 3. The van der Waals surface area contributed by atoms with Gasteiger partial charge in [-0.25, -0.2) is 4.79 Å². The second kappa shape index (κ2) is 4.31. The van der Waals surface area contributed by atoms with Crippen molar-refractivity contribution in [3.8, 4) is 0 Å². The van der Waals surface area contributed by atoms with Gasteiger partial charge in [0.2, 0.25) is 0 Å². The Morgan fingerprint density at radius 2 is 1.38 bits per heavy atom. The Hall–Kier alpha value is -2.51. The zero-order valence-corrected chi connectivity index (χ0v) is 13.2. The molecule has 126 valence electrons. The molecule has 5 aliphatic rings. The molecule has 0 aromatic heterocycles. The molecule has 8 nitrogen and oxygen atoms in total. The average molecular weight is 334 g/mol. The zero-order chi connectivity index (χ0) is 17.5. The molecular formula is C16H14O8. The fraction of sp³-hybridized carbons (Fsp3) is 0.562. The summed E-state index contributed by atoms with van der Waals surface area (Å²) in [5, 5.41) is 0. The predicted molar refractivity (Wildman–Crippen MR) is 72.5 cm³/mol. The van der Waals surface area contributed by atoms with Crippen LogP contribution in [0.5, 0.6) is 0 Å². The molecule has 1 saturated carbocycles. The van der Waals surface area contributed by atoms with Crippen molar-refractivity contribution in [1.82, 2.24) is 0 Å². The van der Waals surface area contributed by atoms with Crippen LogP contribution < -0.4 is 0 Å². The van der Waals surface area contributed by atoms with Gasteiger partial charge < -0.3 is 14.2 Å². The number of esters is 5. The van der Waals surface area contributed by atoms with Gasteiger partial charge in [-0.05, 0) is 6.92 Å². The van der Waals surface area contributed by atoms with Gasteiger partial charge >= 0.3 is 29.8 Å². The van der Waals surface area contributed by atoms with Gasteiger partial charge in [0.1, 0.15) is 0 Å². The molecule has 0 radical (unpaired) electrons. The third-order valence-electron chi connectivity index (χ3n) is 6.06. The largest absolute Gasteiger partial charge is 0.466 e. The van der Waals surface area contributed by atoms with Crippen molar-refractivity contribution in [3.63, 3.8) is 0 Å². The maximum atomic E-state index is 12.4. The van der Waals surface area contributed by atoms with Crippen molar-refractivity contribution >= 4 is 29.8 Å². The van der Waals surface area contributed by atoms with E-state index in [-0.39, 0.29) is 5.57 Å². The minimum atomic E-state index is -1.38. The molecule has 2 saturated heterocycles. The maximum Gasteiger partial charge on any atom is 0.334 e. The van der Waals surface area contributed by atoms with Gasteiger partial charge in [0, 0.05) is 16.9 Å². The highest BCUT2D eigenvalue weighted by atomic mass is 16.6. The smallest absolute Gasteiger partial charge is 0.334 e. The van der Waals surface area contributed by atoms with Gasteiger partial charge in [0.15, 0.2) is 0 Å². The standard InChI is InChI=1S/C16H14O8/c1-4-5-6-9(14(20)23-11(6)17)16(2,8(4)13(19)22-3)10-7(5)12(18)24-15(10)21/h5-7,9-10H,1-3H3. The number of carbonyl (C=O) groups excluding carboxylic acids is 5. The van der Waals surface area contributed by atoms with E-state index in [1.165, 1.54) is 14.0 Å². The summed E-state index contributed by atoms with van der Waals surface area (Å²) < 4.78 is 14.4. The topological polar surface area (TPSA) is 113 Å². The Morgan fingerprint density at radius 3 is 1.79 bits per heavy atom. The van der Waals surface area contributed by atoms with E-state index in [0.29, 0.717) is 5.57 Å². The molecule has 8 heteroatoms. The van der Waals surface area contributed by atoms with Gasteiger partial charge in [-0.15, -0.1) is 0 Å². The summed E-state index contributed by atoms with van der Waals surface area (Å²) in [6.45, 7) is 3.15. The molecule has 0 amide bonds. The van der Waals surface area contributed by atoms with Crippen LogP contribution in [0.3, 0.4) is 0 Å². The second-order valence-electron chi connectivity index (χ2n) is 6.85. The molecule has 5 rings (SSSR count). The number of cyclic esters (lactones) is 4. The summed E-state index contributed by atoms with van der Waals surface area (Å²) in [4.78, 5) is 61.4. The van der Waals surface area contributed by atoms with Crippen molar-refractivity contribution < 1.29 is 38.2 Å². The van der Waals surface area contributed by atoms with E-state index in [2.05, 4.69) is 0 Å². The van der Waals surface area contributed by atoms with E-state index in [1.807, 2.05) is 0 Å². The van der Waals surface area contributed by atoms with Crippen LogP contribution in [-0.2, 0) is 38.2 Å². The third kappa shape index (κ3) is 1.38. The first-order chi connectivity index (χ1) is 11.2. The van der Waals surface area contributed by atoms with Gasteiger partial charge in [-0.3, -0.25) is 19.2 Å². The van der Waals surface area contributed by atoms with Crippen LogP contribution in [-0.4, -0.2) is 37.0 Å². The average Bonchev–Trinajstić information content (AvgIpc) is 2.97. The lowest BCUT2D eigenvalue weighted by Gasteiger charge is -2.54. The molecule has 0 aromatic rings. The fourth-order valence-electron chi connectivity index (χ4n) is 5.31. The van der Waals surface area contributed by atoms with Crippen LogP contribution in [0.1, 0.15) is 13.8 Å². The predicted octanol–water partition coefficient (Wildman–Crippen LogP) is -0.243. The fourth-order valence-corrected chi connectivity index (χ4v) is 5.31. The minimum Gasteiger partial charge on any atom is -0.466 e. The highest BCUT2D eigenvalue weighted by Gasteiger charge is 2.76. The molecule has 2 aliphatic heterocycles. The SMILES string of the molecule is COC(=O)C1=C(C)C2C3C(=O)OC(=O)C3C1(C)C1C(=O)OC(=O)C21. The van der Waals surface area contributed by atoms with Gasteiger partial charge in [-0.2, -0.15) is 0 Å². The zero-order valence-electron chi connectivity index (χ0n) is 13.2. The van der Waals surface area contributed by atoms with Gasteiger partial charge in [-0.1, -0.05) is 12.5 Å². The molecule has 24 heavy (non-hydrogen) atoms. The normalized spacial score (nSPS) is 42.7. The van der Waals surface area contributed by atoms with Crippen LogP contribution in [0, 0.1) is 35.0 Å². The molecular weight excluding hydrogens is 320 g/mol. The lowest BCUT2D eigenvalue weighted by Crippen LogP contribution is -2.61. The summed E-state index contributed by atoms with van der Waals surface area (Å²) in [5.74, 6) is -8.28. The van der Waals surface area contributed by atoms with Crippen LogP contribution >= 0.6 is 0 Å². The molecule has 2 heterocycles. The molecule has 3 aliphatic carbocycles. The van der Waals surface area contributed by atoms with E-state index in [4.69, 9.17) is 14.2 Å². The van der Waals surface area contributed by atoms with E-state index in [0.717, 1.165) is 0 Å². The Bertz CT molecular complexity index is 733. The van der Waals surface area contributed by atoms with Crippen molar-refractivity contribution in [1.29, 1.82) is 0 Å². The first kappa shape index (κ1) is 15.0. The Morgan fingerprint density at radius 1 is 0.917 bits per heavy atom. The van der Waals surface area contributed by atoms with E-state index < -0.39 is 64.9 Å². The lowest BCUT2D eigenvalue weighted by atomic mass is 9.43. The number of methoxy groups -OCH3 is 1. The highest BCUT2D eigenvalue weighted by Crippen LogP contribution is 2.67. The molecule has 0 N–H and O–H groups in total. The quantitative estimate of drug-likeness (QED) is 0.367. The third-order valence-corrected chi connectivity index (χ3v) is 6.06. The van der Waals surface area contributed by atoms with Crippen molar-refractivity contribution in [2.24, 2.45) is 35.0 Å². The first-order valence-corrected chi connectivity index (χ1v) is 7.55. The summed E-state index contributed by atoms with van der Waals surface area (Å²) in [5.41, 5.74) is -0.741. The van der Waals surface area contributed by atoms with Crippen LogP contribution in [0.4, 0.5) is 0 Å². The minimum absolute atomic E-state index is 0.163. The summed E-state index contributed by atoms with van der Waals surface area (Å²) in [6, 6.07) is 0. The summed E-state index contributed by atoms with van der Waals surface area (Å²) in [6.07, 6.45) is 0. The summed E-state index contributed by atoms with van der Waals surface area (Å²) >= 11 is 0. The first-order valence-electron chi connectivity index (χ1n) is 7.55. The van der Waals surface area contributed by atoms with Crippen LogP contribution in [0.25, 0.3) is 0 Å². The summed E-state index contributed by atoms with van der Waals surface area (Å²) in [7, 11) is 1.19. The van der Waals surface area contributed by atoms with Crippen LogP contribution in [0.2, 0.25) is 0 Å². The highest BCUT2D eigenvalue weighted by molar-refractivity contribution is 6.07. The Labute approximate surface area is 136 Å². The van der Waals surface area contributed by atoms with E-state index >= 15 is 0 Å². The molecule has 2 bridgehead atoms. The Balaban J connectivity index is 2.04. The lowest BCUT2D eigenvalue weighted by molar-refractivity contribution is -0.156. The van der Waals surface area contributed by atoms with Crippen molar-refractivity contribution in [2.75, 3.05) is 7.11 Å². The van der Waals surface area contributed by atoms with Crippen LogP contribution in [0.15, 0.2) is 11.1 Å². The second-order valence-corrected chi connectivity index (χ2v) is 6.85. The van der Waals surface area contributed by atoms with Crippen molar-refractivity contribution in [3.05, 3.63) is 11.1 Å². The van der Waals surface area contributed by atoms with Gasteiger partial charge in [0.05, 0.1) is 30.8 Å².